The Balaban J connectivity index is 1.60. The number of hydrogen-bond donors (Lipinski definition) is 1. The number of rotatable bonds is 7. The van der Waals surface area contributed by atoms with Crippen LogP contribution in [0.3, 0.4) is 0 Å². The zero-order valence-electron chi connectivity index (χ0n) is 14.9. The maximum Gasteiger partial charge on any atom is 0.251 e. The highest BCUT2D eigenvalue weighted by molar-refractivity contribution is 5.77. The highest BCUT2D eigenvalue weighted by Crippen LogP contribution is 2.24. The summed E-state index contributed by atoms with van der Waals surface area (Å²) in [5.41, 5.74) is 2.40. The molecule has 2 aromatic rings. The molecule has 0 atom stereocenters. The molecule has 0 radical (unpaired) electrons. The van der Waals surface area contributed by atoms with Crippen molar-refractivity contribution >= 4 is 6.21 Å². The molecule has 1 saturated heterocycles. The first-order chi connectivity index (χ1) is 12.2. The van der Waals surface area contributed by atoms with Crippen LogP contribution in [0.2, 0.25) is 0 Å². The predicted octanol–water partition coefficient (Wildman–Crippen LogP) is 2.95. The molecule has 134 valence electrons. The van der Waals surface area contributed by atoms with E-state index in [-0.39, 0.29) is 5.56 Å². The van der Waals surface area contributed by atoms with E-state index < -0.39 is 0 Å². The fourth-order valence-electron chi connectivity index (χ4n) is 3.07. The molecule has 0 saturated carbocycles. The summed E-state index contributed by atoms with van der Waals surface area (Å²) in [6, 6.07) is 5.62. The van der Waals surface area contributed by atoms with Gasteiger partial charge in [-0.3, -0.25) is 9.69 Å². The second kappa shape index (κ2) is 8.16. The van der Waals surface area contributed by atoms with Gasteiger partial charge in [-0.15, -0.1) is 0 Å². The minimum Gasteiger partial charge on any atom is -0.455 e. The van der Waals surface area contributed by atoms with E-state index in [0.717, 1.165) is 36.5 Å². The topological polar surface area (TPSA) is 70.8 Å². The van der Waals surface area contributed by atoms with E-state index in [1.807, 2.05) is 32.0 Å². The van der Waals surface area contributed by atoms with Gasteiger partial charge in [-0.25, -0.2) is 0 Å². The number of furan rings is 1. The number of H-pyrrole nitrogens is 1. The molecule has 3 heterocycles. The highest BCUT2D eigenvalue weighted by atomic mass is 16.6. The van der Waals surface area contributed by atoms with Crippen LogP contribution in [0.4, 0.5) is 0 Å². The Labute approximate surface area is 147 Å². The van der Waals surface area contributed by atoms with Crippen LogP contribution in [0.1, 0.15) is 36.8 Å². The maximum absolute atomic E-state index is 11.8. The van der Waals surface area contributed by atoms with Crippen LogP contribution < -0.4 is 5.56 Å². The lowest BCUT2D eigenvalue weighted by Gasteiger charge is -2.12. The van der Waals surface area contributed by atoms with Crippen molar-refractivity contribution in [3.05, 3.63) is 45.6 Å². The summed E-state index contributed by atoms with van der Waals surface area (Å²) >= 11 is 0. The third-order valence-electron chi connectivity index (χ3n) is 4.54. The van der Waals surface area contributed by atoms with Gasteiger partial charge in [0.1, 0.15) is 24.3 Å². The number of pyridine rings is 1. The van der Waals surface area contributed by atoms with E-state index in [4.69, 9.17) is 9.25 Å². The molecule has 2 aromatic heterocycles. The lowest BCUT2D eigenvalue weighted by atomic mass is 10.1. The van der Waals surface area contributed by atoms with Gasteiger partial charge >= 0.3 is 0 Å². The number of oxime groups is 1. The van der Waals surface area contributed by atoms with Crippen LogP contribution in [0.5, 0.6) is 0 Å². The maximum atomic E-state index is 11.8. The zero-order valence-corrected chi connectivity index (χ0v) is 14.9. The Kier molecular flexibility index (Phi) is 5.71. The summed E-state index contributed by atoms with van der Waals surface area (Å²) in [5.74, 6) is 1.33. The van der Waals surface area contributed by atoms with Crippen LogP contribution >= 0.6 is 0 Å². The number of aryl methyl sites for hydroxylation is 2. The summed E-state index contributed by atoms with van der Waals surface area (Å²) in [6.45, 7) is 7.65. The molecule has 0 bridgehead atoms. The molecule has 1 aliphatic heterocycles. The highest BCUT2D eigenvalue weighted by Gasteiger charge is 2.11. The molecule has 3 rings (SSSR count). The van der Waals surface area contributed by atoms with E-state index in [1.165, 1.54) is 12.8 Å². The van der Waals surface area contributed by atoms with Crippen LogP contribution in [-0.2, 0) is 11.3 Å². The molecular formula is C19H25N3O3. The van der Waals surface area contributed by atoms with Gasteiger partial charge in [0.05, 0.1) is 0 Å². The fourth-order valence-corrected chi connectivity index (χ4v) is 3.07. The minimum atomic E-state index is -0.0384. The van der Waals surface area contributed by atoms with E-state index in [9.17, 15) is 4.79 Å². The normalized spacial score (nSPS) is 15.3. The first kappa shape index (κ1) is 17.5. The lowest BCUT2D eigenvalue weighted by Crippen LogP contribution is -2.23. The molecule has 0 unspecified atom stereocenters. The van der Waals surface area contributed by atoms with Crippen molar-refractivity contribution in [3.63, 3.8) is 0 Å². The Morgan fingerprint density at radius 2 is 2.16 bits per heavy atom. The van der Waals surface area contributed by atoms with Crippen molar-refractivity contribution in [1.82, 2.24) is 9.88 Å². The van der Waals surface area contributed by atoms with Crippen molar-refractivity contribution in [2.24, 2.45) is 5.16 Å². The van der Waals surface area contributed by atoms with Crippen LogP contribution in [0.15, 0.2) is 32.6 Å². The van der Waals surface area contributed by atoms with Gasteiger partial charge < -0.3 is 14.2 Å². The summed E-state index contributed by atoms with van der Waals surface area (Å²) in [4.78, 5) is 22.4. The SMILES string of the molecule is CCc1cc(-c2ccc(C=NOCCN3CCCC3)o2)c(C)[nH]c1=O. The predicted molar refractivity (Wildman–Crippen MR) is 98.1 cm³/mol. The first-order valence-electron chi connectivity index (χ1n) is 8.88. The van der Waals surface area contributed by atoms with E-state index in [0.29, 0.717) is 24.5 Å². The van der Waals surface area contributed by atoms with Crippen LogP contribution in [-0.4, -0.2) is 42.3 Å². The summed E-state index contributed by atoms with van der Waals surface area (Å²) in [7, 11) is 0. The number of likely N-dealkylation sites (tertiary alicyclic amines) is 1. The third kappa shape index (κ3) is 4.39. The van der Waals surface area contributed by atoms with E-state index in [2.05, 4.69) is 15.0 Å². The van der Waals surface area contributed by atoms with Gasteiger partial charge in [0.25, 0.3) is 5.56 Å². The molecule has 0 spiro atoms. The number of aromatic nitrogens is 1. The molecule has 0 aromatic carbocycles. The molecule has 1 fully saturated rings. The van der Waals surface area contributed by atoms with Gasteiger partial charge in [0.15, 0.2) is 0 Å². The van der Waals surface area contributed by atoms with Crippen LogP contribution in [0, 0.1) is 6.92 Å². The Bertz CT molecular complexity index is 785. The number of nitrogens with zero attached hydrogens (tertiary/aromatic N) is 2. The quantitative estimate of drug-likeness (QED) is 0.477. The Morgan fingerprint density at radius 1 is 1.36 bits per heavy atom. The van der Waals surface area contributed by atoms with E-state index >= 15 is 0 Å². The first-order valence-corrected chi connectivity index (χ1v) is 8.88. The molecule has 1 N–H and O–H groups in total. The van der Waals surface area contributed by atoms with Crippen molar-refractivity contribution in [2.45, 2.75) is 33.1 Å². The number of aromatic amines is 1. The molecule has 25 heavy (non-hydrogen) atoms. The monoisotopic (exact) mass is 343 g/mol. The second-order valence-electron chi connectivity index (χ2n) is 6.33. The molecule has 0 amide bonds. The standard InChI is InChI=1S/C19H25N3O3/c1-3-15-12-17(14(2)21-19(15)23)18-7-6-16(25-18)13-20-24-11-10-22-8-4-5-9-22/h6-7,12-13H,3-5,8-11H2,1-2H3,(H,21,23). The fraction of sp³-hybridized carbons (Fsp3) is 0.474. The molecular weight excluding hydrogens is 318 g/mol. The molecule has 0 aliphatic carbocycles. The average Bonchev–Trinajstić information content (AvgIpc) is 3.26. The number of hydrogen-bond acceptors (Lipinski definition) is 5. The average molecular weight is 343 g/mol. The van der Waals surface area contributed by atoms with Gasteiger partial charge in [-0.2, -0.15) is 0 Å². The van der Waals surface area contributed by atoms with Crippen molar-refractivity contribution in [2.75, 3.05) is 26.2 Å². The number of nitrogens with one attached hydrogen (secondary N) is 1. The van der Waals surface area contributed by atoms with Gasteiger partial charge in [0, 0.05) is 23.4 Å². The van der Waals surface area contributed by atoms with Crippen molar-refractivity contribution in [1.29, 1.82) is 0 Å². The van der Waals surface area contributed by atoms with E-state index in [1.54, 1.807) is 6.21 Å². The van der Waals surface area contributed by atoms with Gasteiger partial charge in [-0.05, 0) is 57.5 Å². The Hall–Kier alpha value is -2.34. The second-order valence-corrected chi connectivity index (χ2v) is 6.33. The van der Waals surface area contributed by atoms with Crippen molar-refractivity contribution in [3.8, 4) is 11.3 Å². The minimum absolute atomic E-state index is 0.0384. The smallest absolute Gasteiger partial charge is 0.251 e. The third-order valence-corrected chi connectivity index (χ3v) is 4.54. The Morgan fingerprint density at radius 3 is 2.92 bits per heavy atom. The summed E-state index contributed by atoms with van der Waals surface area (Å²) < 4.78 is 5.81. The zero-order chi connectivity index (χ0) is 17.6. The summed E-state index contributed by atoms with van der Waals surface area (Å²) in [6.07, 6.45) is 4.82. The lowest BCUT2D eigenvalue weighted by molar-refractivity contribution is 0.120. The largest absolute Gasteiger partial charge is 0.455 e. The van der Waals surface area contributed by atoms with Gasteiger partial charge in [0.2, 0.25) is 0 Å². The van der Waals surface area contributed by atoms with Gasteiger partial charge in [-0.1, -0.05) is 12.1 Å². The van der Waals surface area contributed by atoms with Crippen molar-refractivity contribution < 1.29 is 9.25 Å². The molecule has 6 heteroatoms. The molecule has 6 nitrogen and oxygen atoms in total. The van der Waals surface area contributed by atoms with Crippen LogP contribution in [0.25, 0.3) is 11.3 Å². The molecule has 1 aliphatic rings. The summed E-state index contributed by atoms with van der Waals surface area (Å²) in [5, 5.41) is 3.98.